The molecule has 0 bridgehead atoms. The summed E-state index contributed by atoms with van der Waals surface area (Å²) in [4.78, 5) is 10.6. The van der Waals surface area contributed by atoms with E-state index in [-0.39, 0.29) is 18.4 Å². The third kappa shape index (κ3) is 4.40. The first-order chi connectivity index (χ1) is 9.10. The average molecular weight is 259 g/mol. The van der Waals surface area contributed by atoms with Crippen LogP contribution in [0.1, 0.15) is 37.7 Å². The fraction of sp³-hybridized carbons (Fsp3) is 0.375. The summed E-state index contributed by atoms with van der Waals surface area (Å²) < 4.78 is 0. The van der Waals surface area contributed by atoms with Crippen molar-refractivity contribution in [2.24, 2.45) is 5.73 Å². The molecule has 3 N–H and O–H groups in total. The van der Waals surface area contributed by atoms with Crippen LogP contribution in [0.5, 0.6) is 0 Å². The van der Waals surface area contributed by atoms with Crippen LogP contribution < -0.4 is 5.73 Å². The summed E-state index contributed by atoms with van der Waals surface area (Å²) in [5.74, 6) is -0.672. The Morgan fingerprint density at radius 1 is 1.42 bits per heavy atom. The zero-order chi connectivity index (χ0) is 14.3. The Labute approximate surface area is 114 Å². The SMILES string of the molecule is C=C=C(C(N)CCC(=O)O)C(CC)c1ccccc1. The minimum Gasteiger partial charge on any atom is -0.481 e. The number of nitrogens with two attached hydrogens (primary N) is 1. The van der Waals surface area contributed by atoms with Crippen molar-refractivity contribution in [2.45, 2.75) is 38.1 Å². The Morgan fingerprint density at radius 2 is 2.05 bits per heavy atom. The second-order valence-electron chi connectivity index (χ2n) is 4.54. The number of aliphatic carboxylic acids is 1. The van der Waals surface area contributed by atoms with Gasteiger partial charge in [0.1, 0.15) is 0 Å². The molecule has 0 spiro atoms. The third-order valence-corrected chi connectivity index (χ3v) is 3.26. The topological polar surface area (TPSA) is 63.3 Å². The van der Waals surface area contributed by atoms with E-state index >= 15 is 0 Å². The molecule has 3 nitrogen and oxygen atoms in total. The lowest BCUT2D eigenvalue weighted by Gasteiger charge is -2.22. The molecule has 0 saturated heterocycles. The van der Waals surface area contributed by atoms with Gasteiger partial charge in [-0.05, 0) is 24.0 Å². The molecule has 0 aliphatic rings. The molecule has 0 heterocycles. The lowest BCUT2D eigenvalue weighted by atomic mass is 9.84. The van der Waals surface area contributed by atoms with E-state index in [1.807, 2.05) is 18.2 Å². The molecule has 0 amide bonds. The van der Waals surface area contributed by atoms with Gasteiger partial charge in [0.25, 0.3) is 0 Å². The molecule has 0 aliphatic heterocycles. The van der Waals surface area contributed by atoms with Crippen molar-refractivity contribution in [1.29, 1.82) is 0 Å². The molecule has 1 aromatic carbocycles. The third-order valence-electron chi connectivity index (χ3n) is 3.26. The van der Waals surface area contributed by atoms with E-state index in [9.17, 15) is 4.79 Å². The van der Waals surface area contributed by atoms with E-state index < -0.39 is 5.97 Å². The van der Waals surface area contributed by atoms with Crippen molar-refractivity contribution in [1.82, 2.24) is 0 Å². The monoisotopic (exact) mass is 259 g/mol. The largest absolute Gasteiger partial charge is 0.481 e. The number of hydrogen-bond acceptors (Lipinski definition) is 2. The first-order valence-corrected chi connectivity index (χ1v) is 6.52. The van der Waals surface area contributed by atoms with Crippen LogP contribution in [-0.2, 0) is 4.79 Å². The zero-order valence-electron chi connectivity index (χ0n) is 11.3. The van der Waals surface area contributed by atoms with E-state index in [0.29, 0.717) is 6.42 Å². The number of rotatable bonds is 7. The van der Waals surface area contributed by atoms with E-state index in [0.717, 1.165) is 12.0 Å². The van der Waals surface area contributed by atoms with Crippen molar-refractivity contribution in [3.8, 4) is 0 Å². The Bertz CT molecular complexity index is 461. The molecule has 102 valence electrons. The molecular formula is C16H21NO2. The maximum Gasteiger partial charge on any atom is 0.303 e. The summed E-state index contributed by atoms with van der Waals surface area (Å²) in [6.45, 7) is 5.80. The summed E-state index contributed by atoms with van der Waals surface area (Å²) in [5.41, 5.74) is 11.1. The molecule has 1 rings (SSSR count). The predicted octanol–water partition coefficient (Wildman–Crippen LogP) is 3.08. The minimum atomic E-state index is -0.827. The normalized spacial score (nSPS) is 13.4. The fourth-order valence-electron chi connectivity index (χ4n) is 2.27. The number of carboxylic acids is 1. The van der Waals surface area contributed by atoms with E-state index in [1.165, 1.54) is 5.56 Å². The lowest BCUT2D eigenvalue weighted by molar-refractivity contribution is -0.137. The summed E-state index contributed by atoms with van der Waals surface area (Å²) in [5, 5.41) is 8.73. The standard InChI is InChI=1S/C16H21NO2/c1-3-13(12-8-6-5-7-9-12)14(4-2)15(17)10-11-16(18)19/h5-9,13,15H,2-3,10-11,17H2,1H3,(H,18,19). The molecule has 0 radical (unpaired) electrons. The summed E-state index contributed by atoms with van der Waals surface area (Å²) in [7, 11) is 0. The first kappa shape index (κ1) is 15.2. The van der Waals surface area contributed by atoms with Crippen LogP contribution >= 0.6 is 0 Å². The Kier molecular flexibility index (Phi) is 6.07. The van der Waals surface area contributed by atoms with Gasteiger partial charge >= 0.3 is 5.97 Å². The highest BCUT2D eigenvalue weighted by Gasteiger charge is 2.20. The number of carbonyl (C=O) groups is 1. The van der Waals surface area contributed by atoms with Gasteiger partial charge in [0.05, 0.1) is 0 Å². The van der Waals surface area contributed by atoms with Crippen LogP contribution in [0.3, 0.4) is 0 Å². The van der Waals surface area contributed by atoms with Crippen LogP contribution in [0.25, 0.3) is 0 Å². The van der Waals surface area contributed by atoms with Gasteiger partial charge in [0, 0.05) is 18.4 Å². The van der Waals surface area contributed by atoms with Gasteiger partial charge in [-0.3, -0.25) is 4.79 Å². The van der Waals surface area contributed by atoms with Gasteiger partial charge in [0.15, 0.2) is 0 Å². The molecule has 0 aliphatic carbocycles. The van der Waals surface area contributed by atoms with Crippen LogP contribution in [0.15, 0.2) is 48.2 Å². The van der Waals surface area contributed by atoms with Gasteiger partial charge in [0.2, 0.25) is 0 Å². The van der Waals surface area contributed by atoms with Crippen molar-refractivity contribution in [2.75, 3.05) is 0 Å². The van der Waals surface area contributed by atoms with Gasteiger partial charge in [-0.1, -0.05) is 43.8 Å². The second kappa shape index (κ2) is 7.57. The molecule has 0 saturated carbocycles. The maximum absolute atomic E-state index is 10.6. The number of benzene rings is 1. The van der Waals surface area contributed by atoms with Crippen molar-refractivity contribution in [3.63, 3.8) is 0 Å². The lowest BCUT2D eigenvalue weighted by Crippen LogP contribution is -2.26. The molecule has 0 fully saturated rings. The molecule has 0 aromatic heterocycles. The Balaban J connectivity index is 2.88. The van der Waals surface area contributed by atoms with E-state index in [4.69, 9.17) is 10.8 Å². The molecule has 3 heteroatoms. The van der Waals surface area contributed by atoms with Gasteiger partial charge < -0.3 is 10.8 Å². The van der Waals surface area contributed by atoms with Crippen molar-refractivity contribution in [3.05, 3.63) is 53.8 Å². The molecular weight excluding hydrogens is 238 g/mol. The zero-order valence-corrected chi connectivity index (χ0v) is 11.3. The Morgan fingerprint density at radius 3 is 2.53 bits per heavy atom. The summed E-state index contributed by atoms with van der Waals surface area (Å²) in [6, 6.07) is 9.74. The highest BCUT2D eigenvalue weighted by molar-refractivity contribution is 5.66. The first-order valence-electron chi connectivity index (χ1n) is 6.52. The van der Waals surface area contributed by atoms with Gasteiger partial charge in [-0.2, -0.15) is 0 Å². The highest BCUT2D eigenvalue weighted by Crippen LogP contribution is 2.29. The van der Waals surface area contributed by atoms with Gasteiger partial charge in [-0.15, -0.1) is 5.73 Å². The smallest absolute Gasteiger partial charge is 0.303 e. The minimum absolute atomic E-state index is 0.0670. The van der Waals surface area contributed by atoms with Crippen molar-refractivity contribution >= 4 is 5.97 Å². The highest BCUT2D eigenvalue weighted by atomic mass is 16.4. The molecule has 2 unspecified atom stereocenters. The predicted molar refractivity (Wildman–Crippen MR) is 77.0 cm³/mol. The van der Waals surface area contributed by atoms with E-state index in [2.05, 4.69) is 31.4 Å². The van der Waals surface area contributed by atoms with E-state index in [1.54, 1.807) is 0 Å². The average Bonchev–Trinajstić information content (AvgIpc) is 2.42. The summed E-state index contributed by atoms with van der Waals surface area (Å²) >= 11 is 0. The fourth-order valence-corrected chi connectivity index (χ4v) is 2.27. The molecule has 2 atom stereocenters. The second-order valence-corrected chi connectivity index (χ2v) is 4.54. The van der Waals surface area contributed by atoms with Crippen LogP contribution in [0.4, 0.5) is 0 Å². The molecule has 1 aromatic rings. The molecule has 19 heavy (non-hydrogen) atoms. The number of carboxylic acid groups (broad SMARTS) is 1. The van der Waals surface area contributed by atoms with Crippen molar-refractivity contribution < 1.29 is 9.90 Å². The quantitative estimate of drug-likeness (QED) is 0.740. The van der Waals surface area contributed by atoms with Crippen LogP contribution in [-0.4, -0.2) is 17.1 Å². The van der Waals surface area contributed by atoms with Crippen LogP contribution in [0.2, 0.25) is 0 Å². The van der Waals surface area contributed by atoms with Gasteiger partial charge in [-0.25, -0.2) is 0 Å². The Hall–Kier alpha value is -1.83. The van der Waals surface area contributed by atoms with Crippen LogP contribution in [0, 0.1) is 0 Å². The summed E-state index contributed by atoms with van der Waals surface area (Å²) in [6.07, 6.45) is 1.37. The maximum atomic E-state index is 10.6. The number of hydrogen-bond donors (Lipinski definition) is 2.